The lowest BCUT2D eigenvalue weighted by molar-refractivity contribution is -0.222. The summed E-state index contributed by atoms with van der Waals surface area (Å²) < 4.78 is 47.9. The number of methoxy groups -OCH3 is 1. The second-order valence-electron chi connectivity index (χ2n) is 9.74. The van der Waals surface area contributed by atoms with Crippen molar-refractivity contribution in [2.45, 2.75) is 56.7 Å². The molecule has 2 N–H and O–H groups in total. The fourth-order valence-corrected chi connectivity index (χ4v) is 5.68. The normalized spacial score (nSPS) is 23.2. The third-order valence-corrected chi connectivity index (χ3v) is 7.57. The van der Waals surface area contributed by atoms with E-state index >= 15 is 0 Å². The number of carbonyl (C=O) groups is 1. The number of aryl methyl sites for hydroxylation is 2. The van der Waals surface area contributed by atoms with Crippen LogP contribution in [-0.2, 0) is 22.4 Å². The lowest BCUT2D eigenvalue weighted by Crippen LogP contribution is -2.68. The molecule has 7 nitrogen and oxygen atoms in total. The highest BCUT2D eigenvalue weighted by atomic mass is 19.4. The molecule has 1 saturated heterocycles. The Kier molecular flexibility index (Phi) is 6.97. The molecule has 0 saturated carbocycles. The van der Waals surface area contributed by atoms with E-state index in [0.717, 1.165) is 46.9 Å². The molecular weight excluding hydrogens is 499 g/mol. The van der Waals surface area contributed by atoms with Crippen molar-refractivity contribution >= 4 is 5.91 Å². The van der Waals surface area contributed by atoms with Crippen LogP contribution in [0.2, 0.25) is 0 Å². The minimum atomic E-state index is -4.73. The first kappa shape index (κ1) is 26.3. The number of rotatable bonds is 5. The van der Waals surface area contributed by atoms with E-state index in [-0.39, 0.29) is 13.0 Å². The van der Waals surface area contributed by atoms with Crippen molar-refractivity contribution in [1.82, 2.24) is 14.9 Å². The van der Waals surface area contributed by atoms with Crippen LogP contribution >= 0.6 is 0 Å². The third-order valence-electron chi connectivity index (χ3n) is 7.57. The number of amides is 1. The SMILES string of the molecule is COCC[C@@H]1N([C@@H](C)C(F)(F)F)C(=O)C2=C(O)C(O)C=CN2N1C1c2ccccc2CCc2ccccc21. The van der Waals surface area contributed by atoms with Gasteiger partial charge in [-0.05, 0) is 48.1 Å². The maximum atomic E-state index is 14.2. The van der Waals surface area contributed by atoms with Gasteiger partial charge < -0.3 is 19.8 Å². The van der Waals surface area contributed by atoms with Gasteiger partial charge in [-0.3, -0.25) is 9.80 Å². The number of alkyl halides is 3. The molecule has 3 atom stereocenters. The summed E-state index contributed by atoms with van der Waals surface area (Å²) in [6, 6.07) is 12.8. The number of ether oxygens (including phenoxy) is 1. The summed E-state index contributed by atoms with van der Waals surface area (Å²) in [6.07, 6.45) is -3.02. The molecule has 10 heteroatoms. The summed E-state index contributed by atoms with van der Waals surface area (Å²) in [4.78, 5) is 14.5. The predicted octanol–water partition coefficient (Wildman–Crippen LogP) is 4.21. The van der Waals surface area contributed by atoms with Gasteiger partial charge in [0.05, 0.1) is 6.04 Å². The average Bonchev–Trinajstić information content (AvgIpc) is 3.05. The van der Waals surface area contributed by atoms with Crippen molar-refractivity contribution in [3.63, 3.8) is 0 Å². The molecule has 0 spiro atoms. The Morgan fingerprint density at radius 2 is 1.63 bits per heavy atom. The van der Waals surface area contributed by atoms with Gasteiger partial charge >= 0.3 is 6.18 Å². The van der Waals surface area contributed by atoms with E-state index in [1.807, 2.05) is 48.5 Å². The van der Waals surface area contributed by atoms with E-state index in [0.29, 0.717) is 0 Å². The summed E-state index contributed by atoms with van der Waals surface area (Å²) in [5, 5.41) is 24.3. The molecule has 202 valence electrons. The highest BCUT2D eigenvalue weighted by molar-refractivity contribution is 5.95. The van der Waals surface area contributed by atoms with Crippen LogP contribution in [0.1, 0.15) is 41.6 Å². The highest BCUT2D eigenvalue weighted by Crippen LogP contribution is 2.45. The first-order valence-electron chi connectivity index (χ1n) is 12.6. The minimum absolute atomic E-state index is 0.0738. The predicted molar refractivity (Wildman–Crippen MR) is 133 cm³/mol. The number of hydrogen-bond donors (Lipinski definition) is 2. The molecule has 2 aromatic rings. The summed E-state index contributed by atoms with van der Waals surface area (Å²) in [5.74, 6) is -1.70. The van der Waals surface area contributed by atoms with Crippen molar-refractivity contribution in [3.8, 4) is 0 Å². The smallest absolute Gasteiger partial charge is 0.408 e. The molecule has 0 aromatic heterocycles. The minimum Gasteiger partial charge on any atom is -0.507 e. The van der Waals surface area contributed by atoms with Crippen LogP contribution in [0.3, 0.4) is 0 Å². The summed E-state index contributed by atoms with van der Waals surface area (Å²) >= 11 is 0. The molecule has 1 fully saturated rings. The maximum Gasteiger partial charge on any atom is 0.408 e. The molecule has 5 rings (SSSR count). The monoisotopic (exact) mass is 529 g/mol. The molecular formula is C28H30F3N3O4. The van der Waals surface area contributed by atoms with E-state index in [2.05, 4.69) is 0 Å². The Labute approximate surface area is 219 Å². The Bertz CT molecular complexity index is 1230. The van der Waals surface area contributed by atoms with Gasteiger partial charge in [0.1, 0.15) is 18.3 Å². The Hall–Kier alpha value is -3.34. The Morgan fingerprint density at radius 3 is 2.18 bits per heavy atom. The number of benzene rings is 2. The van der Waals surface area contributed by atoms with Crippen LogP contribution in [0.4, 0.5) is 13.2 Å². The Balaban J connectivity index is 1.79. The number of aliphatic hydroxyl groups is 2. The van der Waals surface area contributed by atoms with Crippen molar-refractivity contribution in [2.24, 2.45) is 0 Å². The zero-order valence-electron chi connectivity index (χ0n) is 21.1. The first-order valence-corrected chi connectivity index (χ1v) is 12.6. The summed E-state index contributed by atoms with van der Waals surface area (Å²) in [5.41, 5.74) is 3.48. The number of fused-ring (bicyclic) bond motifs is 3. The van der Waals surface area contributed by atoms with Gasteiger partial charge in [-0.25, -0.2) is 0 Å². The molecule has 1 unspecified atom stereocenters. The van der Waals surface area contributed by atoms with Gasteiger partial charge in [-0.2, -0.15) is 18.2 Å². The van der Waals surface area contributed by atoms with Crippen LogP contribution in [-0.4, -0.2) is 69.2 Å². The van der Waals surface area contributed by atoms with Gasteiger partial charge in [-0.15, -0.1) is 0 Å². The fraction of sp³-hybridized carbons (Fsp3) is 0.393. The largest absolute Gasteiger partial charge is 0.507 e. The summed E-state index contributed by atoms with van der Waals surface area (Å²) in [6.45, 7) is 1.03. The number of carbonyl (C=O) groups excluding carboxylic acids is 1. The van der Waals surface area contributed by atoms with E-state index in [9.17, 15) is 28.2 Å². The number of aliphatic hydroxyl groups excluding tert-OH is 2. The van der Waals surface area contributed by atoms with E-state index in [4.69, 9.17) is 4.74 Å². The number of nitrogens with zero attached hydrogens (tertiary/aromatic N) is 3. The highest BCUT2D eigenvalue weighted by Gasteiger charge is 2.54. The zero-order chi connectivity index (χ0) is 27.2. The Morgan fingerprint density at radius 1 is 1.05 bits per heavy atom. The molecule has 38 heavy (non-hydrogen) atoms. The standard InChI is InChI=1S/C28H30F3N3O4/c1-17(28(29,30)31)33-23(14-16-38-2)34(32-15-13-22(35)26(36)25(32)27(33)37)24-20-9-5-3-7-18(20)11-12-19-8-4-6-10-21(19)24/h3-10,13,15,17,22-24,35-36H,11-12,14,16H2,1-2H3/t17-,22?,23+/m0/s1. The van der Waals surface area contributed by atoms with Crippen LogP contribution in [0.25, 0.3) is 0 Å². The quantitative estimate of drug-likeness (QED) is 0.605. The topological polar surface area (TPSA) is 76.5 Å². The van der Waals surface area contributed by atoms with Gasteiger partial charge in [-0.1, -0.05) is 48.5 Å². The van der Waals surface area contributed by atoms with E-state index in [1.54, 1.807) is 5.01 Å². The average molecular weight is 530 g/mol. The van der Waals surface area contributed by atoms with Crippen LogP contribution in [0, 0.1) is 0 Å². The fourth-order valence-electron chi connectivity index (χ4n) is 5.68. The molecule has 1 aliphatic carbocycles. The van der Waals surface area contributed by atoms with Crippen LogP contribution < -0.4 is 0 Å². The molecule has 1 amide bonds. The van der Waals surface area contributed by atoms with Crippen molar-refractivity contribution in [2.75, 3.05) is 13.7 Å². The second-order valence-corrected chi connectivity index (χ2v) is 9.74. The molecule has 2 heterocycles. The van der Waals surface area contributed by atoms with Crippen molar-refractivity contribution in [1.29, 1.82) is 0 Å². The number of halogens is 3. The summed E-state index contributed by atoms with van der Waals surface area (Å²) in [7, 11) is 1.46. The molecule has 2 aromatic carbocycles. The van der Waals surface area contributed by atoms with Crippen LogP contribution in [0.15, 0.2) is 72.3 Å². The maximum absolute atomic E-state index is 14.2. The third kappa shape index (κ3) is 4.36. The number of hydrogen-bond acceptors (Lipinski definition) is 6. The van der Waals surface area contributed by atoms with Crippen molar-refractivity contribution < 1.29 is 32.9 Å². The lowest BCUT2D eigenvalue weighted by Gasteiger charge is -2.55. The molecule has 2 aliphatic heterocycles. The molecule has 3 aliphatic rings. The zero-order valence-corrected chi connectivity index (χ0v) is 21.1. The van der Waals surface area contributed by atoms with Gasteiger partial charge in [0, 0.05) is 26.3 Å². The molecule has 0 bridgehead atoms. The first-order chi connectivity index (χ1) is 18.1. The van der Waals surface area contributed by atoms with Gasteiger partial charge in [0.25, 0.3) is 5.91 Å². The second kappa shape index (κ2) is 10.1. The number of hydrazine groups is 1. The van der Waals surface area contributed by atoms with E-state index in [1.165, 1.54) is 24.4 Å². The molecule has 0 radical (unpaired) electrons. The lowest BCUT2D eigenvalue weighted by atomic mass is 9.92. The van der Waals surface area contributed by atoms with Crippen LogP contribution in [0.5, 0.6) is 0 Å². The van der Waals surface area contributed by atoms with E-state index < -0.39 is 47.9 Å². The van der Waals surface area contributed by atoms with Gasteiger partial charge in [0.15, 0.2) is 11.5 Å². The van der Waals surface area contributed by atoms with Gasteiger partial charge in [0.2, 0.25) is 0 Å². The van der Waals surface area contributed by atoms with Crippen molar-refractivity contribution in [3.05, 3.63) is 94.5 Å².